The van der Waals surface area contributed by atoms with Crippen LogP contribution in [0.2, 0.25) is 0 Å². The van der Waals surface area contributed by atoms with E-state index in [4.69, 9.17) is 0 Å². The first kappa shape index (κ1) is 13.6. The van der Waals surface area contributed by atoms with Gasteiger partial charge in [0.05, 0.1) is 0 Å². The van der Waals surface area contributed by atoms with Crippen LogP contribution in [0.25, 0.3) is 0 Å². The fourth-order valence-corrected chi connectivity index (χ4v) is 3.01. The van der Waals surface area contributed by atoms with Crippen LogP contribution in [-0.2, 0) is 11.2 Å². The van der Waals surface area contributed by atoms with E-state index >= 15 is 0 Å². The van der Waals surface area contributed by atoms with Crippen LogP contribution in [0.15, 0.2) is 30.3 Å². The van der Waals surface area contributed by atoms with Crippen LogP contribution < -0.4 is 5.32 Å². The molecule has 108 valence electrons. The minimum atomic E-state index is 0.0255. The Bertz CT molecular complexity index is 479. The van der Waals surface area contributed by atoms with Crippen molar-refractivity contribution < 1.29 is 4.79 Å². The van der Waals surface area contributed by atoms with E-state index in [1.54, 1.807) is 0 Å². The summed E-state index contributed by atoms with van der Waals surface area (Å²) in [6.45, 7) is 6.07. The molecule has 1 atom stereocenters. The Kier molecular flexibility index (Phi) is 3.55. The standard InChI is InChI=1S/C17H24N2O/c1-17(2)12-19(16(20)14-8-9-14)15(11-18-17)10-13-6-4-3-5-7-13/h3-7,14-15,18H,8-12H2,1-2H3. The summed E-state index contributed by atoms with van der Waals surface area (Å²) in [6, 6.07) is 10.8. The van der Waals surface area contributed by atoms with E-state index in [-0.39, 0.29) is 5.54 Å². The number of hydrogen-bond donors (Lipinski definition) is 1. The molecule has 1 heterocycles. The molecule has 0 bridgehead atoms. The highest BCUT2D eigenvalue weighted by atomic mass is 16.2. The normalized spacial score (nSPS) is 25.5. The highest BCUT2D eigenvalue weighted by Crippen LogP contribution is 2.33. The molecule has 1 aliphatic carbocycles. The fraction of sp³-hybridized carbons (Fsp3) is 0.588. The minimum absolute atomic E-state index is 0.0255. The topological polar surface area (TPSA) is 32.3 Å². The molecule has 1 aromatic carbocycles. The van der Waals surface area contributed by atoms with Gasteiger partial charge in [-0.05, 0) is 38.7 Å². The summed E-state index contributed by atoms with van der Waals surface area (Å²) in [6.07, 6.45) is 3.12. The first-order valence-corrected chi connectivity index (χ1v) is 7.65. The van der Waals surface area contributed by atoms with Gasteiger partial charge in [0, 0.05) is 30.6 Å². The summed E-state index contributed by atoms with van der Waals surface area (Å²) in [5, 5.41) is 3.58. The zero-order chi connectivity index (χ0) is 14.2. The van der Waals surface area contributed by atoms with Crippen LogP contribution in [-0.4, -0.2) is 35.5 Å². The monoisotopic (exact) mass is 272 g/mol. The predicted octanol–water partition coefficient (Wildman–Crippen LogP) is 2.22. The van der Waals surface area contributed by atoms with Crippen LogP contribution in [0.1, 0.15) is 32.3 Å². The second-order valence-corrected chi connectivity index (χ2v) is 6.85. The average Bonchev–Trinajstić information content (AvgIpc) is 3.25. The second-order valence-electron chi connectivity index (χ2n) is 6.85. The Morgan fingerprint density at radius 1 is 1.30 bits per heavy atom. The molecule has 0 radical (unpaired) electrons. The van der Waals surface area contributed by atoms with Gasteiger partial charge in [-0.15, -0.1) is 0 Å². The molecule has 3 rings (SSSR count). The van der Waals surface area contributed by atoms with Crippen molar-refractivity contribution in [3.05, 3.63) is 35.9 Å². The summed E-state index contributed by atoms with van der Waals surface area (Å²) in [5.74, 6) is 0.683. The van der Waals surface area contributed by atoms with Gasteiger partial charge in [0.15, 0.2) is 0 Å². The number of benzene rings is 1. The van der Waals surface area contributed by atoms with Crippen molar-refractivity contribution in [1.29, 1.82) is 0 Å². The number of rotatable bonds is 3. The Labute approximate surface area is 121 Å². The predicted molar refractivity (Wildman–Crippen MR) is 80.5 cm³/mol. The van der Waals surface area contributed by atoms with Crippen LogP contribution in [0.3, 0.4) is 0 Å². The third-order valence-electron chi connectivity index (χ3n) is 4.35. The highest BCUT2D eigenvalue weighted by molar-refractivity contribution is 5.81. The van der Waals surface area contributed by atoms with Gasteiger partial charge >= 0.3 is 0 Å². The lowest BCUT2D eigenvalue weighted by molar-refractivity contribution is -0.137. The Hall–Kier alpha value is -1.35. The van der Waals surface area contributed by atoms with Crippen LogP contribution in [0.5, 0.6) is 0 Å². The third-order valence-corrected chi connectivity index (χ3v) is 4.35. The van der Waals surface area contributed by atoms with Crippen molar-refractivity contribution >= 4 is 5.91 Å². The maximum atomic E-state index is 12.5. The number of nitrogens with zero attached hydrogens (tertiary/aromatic N) is 1. The Balaban J connectivity index is 1.75. The molecule has 1 unspecified atom stereocenters. The van der Waals surface area contributed by atoms with E-state index in [0.717, 1.165) is 32.4 Å². The molecule has 0 spiro atoms. The first-order chi connectivity index (χ1) is 9.55. The fourth-order valence-electron chi connectivity index (χ4n) is 3.01. The number of carbonyl (C=O) groups excluding carboxylic acids is 1. The lowest BCUT2D eigenvalue weighted by Crippen LogP contribution is -2.63. The largest absolute Gasteiger partial charge is 0.336 e. The van der Waals surface area contributed by atoms with E-state index in [0.29, 0.717) is 17.9 Å². The van der Waals surface area contributed by atoms with E-state index < -0.39 is 0 Å². The number of hydrogen-bond acceptors (Lipinski definition) is 2. The summed E-state index contributed by atoms with van der Waals surface area (Å²) >= 11 is 0. The van der Waals surface area contributed by atoms with Gasteiger partial charge in [0.25, 0.3) is 0 Å². The van der Waals surface area contributed by atoms with Gasteiger partial charge in [-0.25, -0.2) is 0 Å². The molecule has 1 N–H and O–H groups in total. The van der Waals surface area contributed by atoms with Gasteiger partial charge in [0.2, 0.25) is 5.91 Å². The smallest absolute Gasteiger partial charge is 0.226 e. The number of carbonyl (C=O) groups is 1. The molecule has 2 aliphatic rings. The van der Waals surface area contributed by atoms with Gasteiger partial charge in [-0.1, -0.05) is 30.3 Å². The van der Waals surface area contributed by atoms with E-state index in [2.05, 4.69) is 48.3 Å². The van der Waals surface area contributed by atoms with Gasteiger partial charge in [-0.2, -0.15) is 0 Å². The molecule has 1 aromatic rings. The number of amides is 1. The summed E-state index contributed by atoms with van der Waals surface area (Å²) in [7, 11) is 0. The highest BCUT2D eigenvalue weighted by Gasteiger charge is 2.41. The van der Waals surface area contributed by atoms with Crippen molar-refractivity contribution in [2.24, 2.45) is 5.92 Å². The average molecular weight is 272 g/mol. The molecule has 3 nitrogen and oxygen atoms in total. The summed E-state index contributed by atoms with van der Waals surface area (Å²) < 4.78 is 0. The van der Waals surface area contributed by atoms with Gasteiger partial charge in [-0.3, -0.25) is 4.79 Å². The quantitative estimate of drug-likeness (QED) is 0.915. The van der Waals surface area contributed by atoms with Crippen molar-refractivity contribution in [3.8, 4) is 0 Å². The molecular weight excluding hydrogens is 248 g/mol. The van der Waals surface area contributed by atoms with Crippen molar-refractivity contribution in [2.45, 2.75) is 44.7 Å². The van der Waals surface area contributed by atoms with Crippen molar-refractivity contribution in [3.63, 3.8) is 0 Å². The van der Waals surface area contributed by atoms with E-state index in [9.17, 15) is 4.79 Å². The zero-order valence-electron chi connectivity index (χ0n) is 12.4. The molecule has 3 heteroatoms. The van der Waals surface area contributed by atoms with Crippen molar-refractivity contribution in [1.82, 2.24) is 10.2 Å². The van der Waals surface area contributed by atoms with Crippen LogP contribution >= 0.6 is 0 Å². The lowest BCUT2D eigenvalue weighted by atomic mass is 9.94. The molecule has 0 aromatic heterocycles. The molecule has 1 amide bonds. The van der Waals surface area contributed by atoms with Gasteiger partial charge < -0.3 is 10.2 Å². The zero-order valence-corrected chi connectivity index (χ0v) is 12.4. The molecule has 1 aliphatic heterocycles. The third kappa shape index (κ3) is 3.04. The molecular formula is C17H24N2O. The molecule has 2 fully saturated rings. The molecule has 1 saturated heterocycles. The lowest BCUT2D eigenvalue weighted by Gasteiger charge is -2.45. The second kappa shape index (κ2) is 5.21. The van der Waals surface area contributed by atoms with Crippen LogP contribution in [0, 0.1) is 5.92 Å². The number of piperazine rings is 1. The summed E-state index contributed by atoms with van der Waals surface area (Å²) in [5.41, 5.74) is 1.34. The van der Waals surface area contributed by atoms with Crippen LogP contribution in [0.4, 0.5) is 0 Å². The summed E-state index contributed by atoms with van der Waals surface area (Å²) in [4.78, 5) is 14.7. The SMILES string of the molecule is CC1(C)CN(C(=O)C2CC2)C(Cc2ccccc2)CN1. The first-order valence-electron chi connectivity index (χ1n) is 7.65. The Morgan fingerprint density at radius 2 is 2.00 bits per heavy atom. The minimum Gasteiger partial charge on any atom is -0.336 e. The number of nitrogens with one attached hydrogen (secondary N) is 1. The van der Waals surface area contributed by atoms with Gasteiger partial charge in [0.1, 0.15) is 0 Å². The maximum absolute atomic E-state index is 12.5. The van der Waals surface area contributed by atoms with E-state index in [1.165, 1.54) is 5.56 Å². The molecule has 20 heavy (non-hydrogen) atoms. The Morgan fingerprint density at radius 3 is 2.65 bits per heavy atom. The maximum Gasteiger partial charge on any atom is 0.226 e. The van der Waals surface area contributed by atoms with Crippen molar-refractivity contribution in [2.75, 3.05) is 13.1 Å². The molecule has 1 saturated carbocycles. The van der Waals surface area contributed by atoms with E-state index in [1.807, 2.05) is 6.07 Å².